The number of para-hydroxylation sites is 1. The number of hydrogen-bond donors (Lipinski definition) is 3. The minimum absolute atomic E-state index is 0.0464. The lowest BCUT2D eigenvalue weighted by Crippen LogP contribution is -2.50. The van der Waals surface area contributed by atoms with E-state index in [0.29, 0.717) is 39.1 Å². The molecule has 2 heterocycles. The van der Waals surface area contributed by atoms with Crippen LogP contribution in [0.15, 0.2) is 30.3 Å². The van der Waals surface area contributed by atoms with Crippen molar-refractivity contribution in [1.29, 1.82) is 0 Å². The summed E-state index contributed by atoms with van der Waals surface area (Å²) < 4.78 is 2.21. The molecule has 0 spiro atoms. The van der Waals surface area contributed by atoms with Crippen molar-refractivity contribution in [2.45, 2.75) is 19.5 Å². The fraction of sp³-hybridized carbons (Fsp3) is 0.500. The van der Waals surface area contributed by atoms with Gasteiger partial charge in [-0.2, -0.15) is 0 Å². The van der Waals surface area contributed by atoms with E-state index in [-0.39, 0.29) is 12.5 Å². The van der Waals surface area contributed by atoms with Crippen molar-refractivity contribution in [3.63, 3.8) is 0 Å². The highest BCUT2D eigenvalue weighted by Crippen LogP contribution is 2.20. The molecule has 0 saturated carbocycles. The van der Waals surface area contributed by atoms with E-state index in [0.717, 1.165) is 12.1 Å². The number of nitrogens with two attached hydrogens (primary N) is 1. The number of fused-ring (bicyclic) bond motifs is 1. The summed E-state index contributed by atoms with van der Waals surface area (Å²) >= 11 is 0. The van der Waals surface area contributed by atoms with Crippen molar-refractivity contribution in [1.82, 2.24) is 19.7 Å². The molecule has 3 rings (SSSR count). The van der Waals surface area contributed by atoms with Gasteiger partial charge in [-0.25, -0.2) is 0 Å². The Hall–Kier alpha value is -2.42. The molecule has 0 aliphatic carbocycles. The van der Waals surface area contributed by atoms with E-state index in [2.05, 4.69) is 33.8 Å². The van der Waals surface area contributed by atoms with Gasteiger partial charge in [0.1, 0.15) is 0 Å². The zero-order chi connectivity index (χ0) is 20.5. The van der Waals surface area contributed by atoms with Crippen LogP contribution in [-0.2, 0) is 22.7 Å². The van der Waals surface area contributed by atoms with Crippen LogP contribution in [0, 0.1) is 0 Å². The minimum atomic E-state index is -0.818. The van der Waals surface area contributed by atoms with Crippen molar-refractivity contribution in [2.75, 3.05) is 46.8 Å². The van der Waals surface area contributed by atoms with Gasteiger partial charge in [-0.1, -0.05) is 18.2 Å². The van der Waals surface area contributed by atoms with Gasteiger partial charge in [-0.15, -0.1) is 0 Å². The molecule has 1 amide bonds. The first kappa shape index (κ1) is 21.9. The van der Waals surface area contributed by atoms with Gasteiger partial charge in [0.2, 0.25) is 5.91 Å². The maximum Gasteiger partial charge on any atom is 0.317 e. The minimum Gasteiger partial charge on any atom is -0.480 e. The Labute approximate surface area is 165 Å². The number of rotatable bonds is 7. The molecule has 1 aliphatic heterocycles. The number of hydrogen-bond acceptors (Lipinski definition) is 5. The van der Waals surface area contributed by atoms with Gasteiger partial charge in [0.15, 0.2) is 0 Å². The number of carbonyl (C=O) groups is 2. The van der Waals surface area contributed by atoms with Crippen LogP contribution >= 0.6 is 0 Å². The number of aryl methyl sites for hydroxylation is 1. The van der Waals surface area contributed by atoms with E-state index in [4.69, 9.17) is 5.11 Å². The Morgan fingerprint density at radius 2 is 1.82 bits per heavy atom. The summed E-state index contributed by atoms with van der Waals surface area (Å²) in [7, 11) is 3.42. The Bertz CT molecular complexity index is 781. The lowest BCUT2D eigenvalue weighted by Gasteiger charge is -2.34. The second-order valence-corrected chi connectivity index (χ2v) is 6.68. The molecule has 8 heteroatoms. The number of piperazine rings is 1. The van der Waals surface area contributed by atoms with E-state index >= 15 is 0 Å². The monoisotopic (exact) mass is 389 g/mol. The first-order chi connectivity index (χ1) is 13.6. The molecule has 1 fully saturated rings. The lowest BCUT2D eigenvalue weighted by atomic mass is 10.2. The van der Waals surface area contributed by atoms with E-state index in [1.165, 1.54) is 18.1 Å². The summed E-state index contributed by atoms with van der Waals surface area (Å²) in [5, 5.41) is 13.2. The molecule has 1 aliphatic rings. The van der Waals surface area contributed by atoms with Crippen LogP contribution in [0.4, 0.5) is 0 Å². The summed E-state index contributed by atoms with van der Waals surface area (Å²) in [6.07, 6.45) is 0.453. The van der Waals surface area contributed by atoms with Crippen molar-refractivity contribution in [3.8, 4) is 0 Å². The standard InChI is InChI=1S/C19H26N4O3.CH5N/c1-20-13-16-12-15-4-2-3-5-17(15)23(16)7-6-18(24)22-10-8-21(9-11-22)14-19(25)26;1-2/h2-5,12,20H,6-11,13-14H2,1H3,(H,25,26);2H2,1H3. The quantitative estimate of drug-likeness (QED) is 0.639. The second kappa shape index (κ2) is 10.8. The second-order valence-electron chi connectivity index (χ2n) is 6.68. The van der Waals surface area contributed by atoms with Crippen LogP contribution in [0.1, 0.15) is 12.1 Å². The first-order valence-electron chi connectivity index (χ1n) is 9.60. The lowest BCUT2D eigenvalue weighted by molar-refractivity contribution is -0.139. The van der Waals surface area contributed by atoms with Crippen LogP contribution in [0.5, 0.6) is 0 Å². The summed E-state index contributed by atoms with van der Waals surface area (Å²) in [6, 6.07) is 10.4. The zero-order valence-electron chi connectivity index (χ0n) is 16.7. The fourth-order valence-electron chi connectivity index (χ4n) is 3.57. The number of nitrogens with zero attached hydrogens (tertiary/aromatic N) is 3. The molecule has 4 N–H and O–H groups in total. The van der Waals surface area contributed by atoms with Gasteiger partial charge in [0.05, 0.1) is 6.54 Å². The SMILES string of the molecule is CN.CNCc1cc2ccccc2n1CCC(=O)N1CCN(CC(=O)O)CC1. The van der Waals surface area contributed by atoms with Gasteiger partial charge >= 0.3 is 5.97 Å². The highest BCUT2D eigenvalue weighted by Gasteiger charge is 2.22. The zero-order valence-corrected chi connectivity index (χ0v) is 16.7. The molecular weight excluding hydrogens is 358 g/mol. The molecule has 1 aromatic carbocycles. The van der Waals surface area contributed by atoms with E-state index in [1.54, 1.807) is 0 Å². The van der Waals surface area contributed by atoms with E-state index in [9.17, 15) is 9.59 Å². The average Bonchev–Trinajstić information content (AvgIpc) is 3.05. The van der Waals surface area contributed by atoms with Crippen molar-refractivity contribution in [2.24, 2.45) is 5.73 Å². The third kappa shape index (κ3) is 5.54. The molecule has 28 heavy (non-hydrogen) atoms. The largest absolute Gasteiger partial charge is 0.480 e. The highest BCUT2D eigenvalue weighted by atomic mass is 16.4. The van der Waals surface area contributed by atoms with E-state index in [1.807, 2.05) is 29.0 Å². The average molecular weight is 390 g/mol. The molecule has 1 aromatic heterocycles. The third-order valence-electron chi connectivity index (χ3n) is 4.89. The van der Waals surface area contributed by atoms with Crippen LogP contribution in [0.25, 0.3) is 10.9 Å². The Kier molecular flexibility index (Phi) is 8.43. The number of aromatic nitrogens is 1. The van der Waals surface area contributed by atoms with Crippen molar-refractivity contribution < 1.29 is 14.7 Å². The summed E-state index contributed by atoms with van der Waals surface area (Å²) in [4.78, 5) is 27.1. The van der Waals surface area contributed by atoms with Gasteiger partial charge < -0.3 is 25.6 Å². The topological polar surface area (TPSA) is 104 Å². The molecule has 0 radical (unpaired) electrons. The Morgan fingerprint density at radius 1 is 1.14 bits per heavy atom. The fourth-order valence-corrected chi connectivity index (χ4v) is 3.57. The van der Waals surface area contributed by atoms with Crippen molar-refractivity contribution in [3.05, 3.63) is 36.0 Å². The molecule has 8 nitrogen and oxygen atoms in total. The molecular formula is C20H31N5O3. The van der Waals surface area contributed by atoms with Crippen molar-refractivity contribution >= 4 is 22.8 Å². The molecule has 1 saturated heterocycles. The van der Waals surface area contributed by atoms with Gasteiger partial charge in [-0.05, 0) is 31.6 Å². The smallest absolute Gasteiger partial charge is 0.317 e. The maximum absolute atomic E-state index is 12.6. The maximum atomic E-state index is 12.6. The molecule has 154 valence electrons. The Morgan fingerprint density at radius 3 is 2.46 bits per heavy atom. The molecule has 0 unspecified atom stereocenters. The molecule has 0 bridgehead atoms. The predicted octanol–water partition coefficient (Wildman–Crippen LogP) is 0.555. The number of benzene rings is 1. The predicted molar refractivity (Wildman–Crippen MR) is 110 cm³/mol. The summed E-state index contributed by atoms with van der Waals surface area (Å²) in [6.45, 7) is 3.90. The Balaban J connectivity index is 0.00000136. The number of amides is 1. The number of aliphatic carboxylic acids is 1. The van der Waals surface area contributed by atoms with Gasteiger partial charge in [0, 0.05) is 56.9 Å². The summed E-state index contributed by atoms with van der Waals surface area (Å²) in [5.41, 5.74) is 6.82. The van der Waals surface area contributed by atoms with Crippen LogP contribution in [0.3, 0.4) is 0 Å². The van der Waals surface area contributed by atoms with Crippen LogP contribution < -0.4 is 11.1 Å². The van der Waals surface area contributed by atoms with E-state index < -0.39 is 5.97 Å². The van der Waals surface area contributed by atoms with Crippen LogP contribution in [-0.4, -0.2) is 78.2 Å². The van der Waals surface area contributed by atoms with Gasteiger partial charge in [-0.3, -0.25) is 14.5 Å². The first-order valence-corrected chi connectivity index (χ1v) is 9.60. The number of carboxylic acids is 1. The van der Waals surface area contributed by atoms with Gasteiger partial charge in [0.25, 0.3) is 0 Å². The number of nitrogens with one attached hydrogen (secondary N) is 1. The third-order valence-corrected chi connectivity index (χ3v) is 4.89. The highest BCUT2D eigenvalue weighted by molar-refractivity contribution is 5.82. The number of carbonyl (C=O) groups excluding carboxylic acids is 1. The molecule has 2 aromatic rings. The number of carboxylic acid groups (broad SMARTS) is 1. The summed E-state index contributed by atoms with van der Waals surface area (Å²) in [5.74, 6) is -0.686. The van der Waals surface area contributed by atoms with Crippen LogP contribution in [0.2, 0.25) is 0 Å². The normalized spacial score (nSPS) is 14.6. The molecule has 0 atom stereocenters.